The minimum atomic E-state index is -0.779. The fourth-order valence-corrected chi connectivity index (χ4v) is 9.17. The van der Waals surface area contributed by atoms with Gasteiger partial charge in [-0.25, -0.2) is 0 Å². The molecule has 1 amide bonds. The Kier molecular flexibility index (Phi) is 14.2. The standard InChI is InChI=1S/C52H54ClN3O7/c53-41-19-15-35(16-20-41)32-56(27-6-2-5-12-46(57)43-21-23-47(58)51-44(43)22-24-49(59)54-51)52(61)39-17-13-36(14-18-39)34-62-42-11-7-10-40(30-42)45(37-8-3-1-4-9-37)31-50(60)63-48-33-55-28-25-38(48)26-29-55/h1,3-4,7-11,13-24,30,38,45-46,48,57-58H,2,5-6,12,25-29,31-34H2,(H,54,59)/t45-,46-,48-/m0/s1. The topological polar surface area (TPSA) is 132 Å². The maximum atomic E-state index is 14.0. The number of amides is 1. The molecule has 0 unspecified atom stereocenters. The molecule has 6 aromatic rings. The van der Waals surface area contributed by atoms with Crippen LogP contribution in [0.2, 0.25) is 5.02 Å². The van der Waals surface area contributed by atoms with Gasteiger partial charge in [0.1, 0.15) is 24.2 Å². The Balaban J connectivity index is 0.877. The summed E-state index contributed by atoms with van der Waals surface area (Å²) in [7, 11) is 0. The molecule has 11 heteroatoms. The number of benzene rings is 5. The molecule has 0 spiro atoms. The minimum Gasteiger partial charge on any atom is -0.506 e. The van der Waals surface area contributed by atoms with E-state index in [1.165, 1.54) is 12.1 Å². The van der Waals surface area contributed by atoms with Crippen molar-refractivity contribution in [1.82, 2.24) is 14.8 Å². The number of aromatic amines is 1. The highest BCUT2D eigenvalue weighted by atomic mass is 35.5. The number of halogens is 1. The zero-order valence-corrected chi connectivity index (χ0v) is 36.1. The predicted octanol–water partition coefficient (Wildman–Crippen LogP) is 9.56. The number of carbonyl (C=O) groups excluding carboxylic acids is 2. The van der Waals surface area contributed by atoms with Gasteiger partial charge in [-0.2, -0.15) is 0 Å². The van der Waals surface area contributed by atoms with Gasteiger partial charge >= 0.3 is 5.97 Å². The van der Waals surface area contributed by atoms with Gasteiger partial charge in [0.15, 0.2) is 0 Å². The molecule has 2 bridgehead atoms. The highest BCUT2D eigenvalue weighted by Gasteiger charge is 2.37. The number of phenolic OH excluding ortho intramolecular Hbond substituents is 1. The van der Waals surface area contributed by atoms with Crippen LogP contribution in [-0.4, -0.2) is 69.2 Å². The van der Waals surface area contributed by atoms with E-state index < -0.39 is 6.10 Å². The number of nitrogens with one attached hydrogen (secondary N) is 1. The Morgan fingerprint density at radius 3 is 2.32 bits per heavy atom. The van der Waals surface area contributed by atoms with Crippen molar-refractivity contribution in [3.63, 3.8) is 0 Å². The van der Waals surface area contributed by atoms with Gasteiger partial charge in [0.25, 0.3) is 5.91 Å². The number of fused-ring (bicyclic) bond motifs is 4. The molecule has 10 nitrogen and oxygen atoms in total. The van der Waals surface area contributed by atoms with E-state index in [2.05, 4.69) is 22.0 Å². The number of esters is 1. The highest BCUT2D eigenvalue weighted by molar-refractivity contribution is 6.30. The lowest BCUT2D eigenvalue weighted by atomic mass is 9.85. The molecule has 0 radical (unpaired) electrons. The van der Waals surface area contributed by atoms with Crippen LogP contribution in [-0.2, 0) is 22.7 Å². The summed E-state index contributed by atoms with van der Waals surface area (Å²) >= 11 is 6.17. The normalized spacial score (nSPS) is 17.8. The summed E-state index contributed by atoms with van der Waals surface area (Å²) in [5.74, 6) is 0.649. The Labute approximate surface area is 373 Å². The van der Waals surface area contributed by atoms with Crippen molar-refractivity contribution in [2.75, 3.05) is 26.2 Å². The summed E-state index contributed by atoms with van der Waals surface area (Å²) in [4.78, 5) is 46.2. The maximum Gasteiger partial charge on any atom is 0.307 e. The zero-order valence-electron chi connectivity index (χ0n) is 35.3. The van der Waals surface area contributed by atoms with Crippen LogP contribution in [0.4, 0.5) is 0 Å². The molecule has 3 atom stereocenters. The smallest absolute Gasteiger partial charge is 0.307 e. The highest BCUT2D eigenvalue weighted by Crippen LogP contribution is 2.34. The Hall–Kier alpha value is -5.94. The first kappa shape index (κ1) is 43.7. The van der Waals surface area contributed by atoms with Crippen molar-refractivity contribution in [3.8, 4) is 11.5 Å². The quantitative estimate of drug-likeness (QED) is 0.0575. The van der Waals surface area contributed by atoms with Crippen LogP contribution in [0, 0.1) is 5.92 Å². The molecule has 5 aromatic carbocycles. The van der Waals surface area contributed by atoms with E-state index >= 15 is 0 Å². The van der Waals surface area contributed by atoms with Gasteiger partial charge in [0.05, 0.1) is 18.0 Å². The molecule has 326 valence electrons. The van der Waals surface area contributed by atoms with Gasteiger partial charge in [-0.3, -0.25) is 19.3 Å². The molecule has 3 aliphatic rings. The van der Waals surface area contributed by atoms with E-state index in [0.717, 1.165) is 67.6 Å². The van der Waals surface area contributed by atoms with Crippen LogP contribution < -0.4 is 10.3 Å². The van der Waals surface area contributed by atoms with Crippen LogP contribution in [0.5, 0.6) is 11.5 Å². The average molecular weight is 868 g/mol. The first-order valence-corrected chi connectivity index (χ1v) is 22.4. The fourth-order valence-electron chi connectivity index (χ4n) is 9.04. The van der Waals surface area contributed by atoms with Gasteiger partial charge in [-0.15, -0.1) is 0 Å². The number of aliphatic hydroxyl groups is 1. The number of ether oxygens (including phenoxy) is 2. The number of phenols is 1. The SMILES string of the molecule is O=C(C[C@@H](c1ccccc1)c1cccc(OCc2ccc(C(=O)N(CCCCC[C@H](O)c3ccc(O)c4[nH]c(=O)ccc34)Cc3ccc(Cl)cc3)cc2)c1)O[C@H]1CN2CCC1CC2. The van der Waals surface area contributed by atoms with E-state index in [1.54, 1.807) is 12.1 Å². The average Bonchev–Trinajstić information content (AvgIpc) is 3.31. The number of pyridine rings is 1. The van der Waals surface area contributed by atoms with Crippen molar-refractivity contribution in [1.29, 1.82) is 0 Å². The van der Waals surface area contributed by atoms with Crippen molar-refractivity contribution in [3.05, 3.63) is 176 Å². The van der Waals surface area contributed by atoms with Crippen molar-refractivity contribution < 1.29 is 29.3 Å². The molecular formula is C52H54ClN3O7. The third-order valence-corrected chi connectivity index (χ3v) is 12.8. The second-order valence-electron chi connectivity index (χ2n) is 16.9. The van der Waals surface area contributed by atoms with Crippen LogP contribution in [0.15, 0.2) is 132 Å². The molecule has 4 heterocycles. The molecule has 63 heavy (non-hydrogen) atoms. The molecular weight excluding hydrogens is 814 g/mol. The van der Waals surface area contributed by atoms with E-state index in [1.807, 2.05) is 95.9 Å². The van der Waals surface area contributed by atoms with Gasteiger partial charge in [0, 0.05) is 47.6 Å². The molecule has 0 saturated carbocycles. The second-order valence-corrected chi connectivity index (χ2v) is 17.3. The third kappa shape index (κ3) is 11.2. The summed E-state index contributed by atoms with van der Waals surface area (Å²) in [6, 6.07) is 39.2. The number of aromatic hydroxyl groups is 1. The van der Waals surface area contributed by atoms with E-state index in [9.17, 15) is 24.6 Å². The lowest BCUT2D eigenvalue weighted by molar-refractivity contribution is -0.159. The number of nitrogens with zero attached hydrogens (tertiary/aromatic N) is 2. The number of aromatic nitrogens is 1. The van der Waals surface area contributed by atoms with E-state index in [-0.39, 0.29) is 41.6 Å². The number of H-pyrrole nitrogens is 1. The molecule has 3 aliphatic heterocycles. The van der Waals surface area contributed by atoms with Crippen LogP contribution in [0.25, 0.3) is 10.9 Å². The molecule has 9 rings (SSSR count). The monoisotopic (exact) mass is 867 g/mol. The van der Waals surface area contributed by atoms with Gasteiger partial charge < -0.3 is 29.6 Å². The number of unbranched alkanes of at least 4 members (excludes halogenated alkanes) is 2. The maximum absolute atomic E-state index is 14.0. The van der Waals surface area contributed by atoms with Gasteiger partial charge in [-0.05, 0) is 121 Å². The van der Waals surface area contributed by atoms with Gasteiger partial charge in [-0.1, -0.05) is 97.2 Å². The van der Waals surface area contributed by atoms with Crippen LogP contribution in [0.1, 0.15) is 95.1 Å². The molecule has 3 N–H and O–H groups in total. The number of hydrogen-bond acceptors (Lipinski definition) is 8. The predicted molar refractivity (Wildman–Crippen MR) is 245 cm³/mol. The van der Waals surface area contributed by atoms with Crippen LogP contribution >= 0.6 is 11.6 Å². The van der Waals surface area contributed by atoms with Crippen LogP contribution in [0.3, 0.4) is 0 Å². The molecule has 1 aromatic heterocycles. The summed E-state index contributed by atoms with van der Waals surface area (Å²) in [5.41, 5.74) is 5.10. The summed E-state index contributed by atoms with van der Waals surface area (Å²) in [5, 5.41) is 22.5. The number of aliphatic hydroxyl groups excluding tert-OH is 1. The fraction of sp³-hybridized carbons (Fsp3) is 0.327. The lowest BCUT2D eigenvalue weighted by Crippen LogP contribution is -2.52. The number of carbonyl (C=O) groups is 2. The van der Waals surface area contributed by atoms with Crippen molar-refractivity contribution in [2.24, 2.45) is 5.92 Å². The van der Waals surface area contributed by atoms with Crippen molar-refractivity contribution in [2.45, 2.75) is 76.2 Å². The largest absolute Gasteiger partial charge is 0.506 e. The Bertz CT molecular complexity index is 2540. The molecule has 0 aliphatic carbocycles. The first-order valence-electron chi connectivity index (χ1n) is 22.0. The number of rotatable bonds is 18. The molecule has 3 saturated heterocycles. The lowest BCUT2D eigenvalue weighted by Gasteiger charge is -2.44. The van der Waals surface area contributed by atoms with E-state index in [4.69, 9.17) is 21.1 Å². The summed E-state index contributed by atoms with van der Waals surface area (Å²) in [6.07, 6.45) is 4.32. The van der Waals surface area contributed by atoms with Crippen molar-refractivity contribution >= 4 is 34.4 Å². The first-order chi connectivity index (χ1) is 30.7. The summed E-state index contributed by atoms with van der Waals surface area (Å²) in [6.45, 7) is 4.25. The Morgan fingerprint density at radius 2 is 1.57 bits per heavy atom. The molecule has 3 fully saturated rings. The third-order valence-electron chi connectivity index (χ3n) is 12.6. The van der Waals surface area contributed by atoms with E-state index in [0.29, 0.717) is 71.3 Å². The number of hydrogen-bond donors (Lipinski definition) is 3. The minimum absolute atomic E-state index is 0.0343. The second kappa shape index (κ2) is 20.5. The number of piperidine rings is 3. The zero-order chi connectivity index (χ0) is 43.7. The summed E-state index contributed by atoms with van der Waals surface area (Å²) < 4.78 is 12.4. The Morgan fingerprint density at radius 1 is 0.825 bits per heavy atom. The van der Waals surface area contributed by atoms with Gasteiger partial charge in [0.2, 0.25) is 5.56 Å².